The molecule has 1 atom stereocenters. The van der Waals surface area contributed by atoms with Crippen LogP contribution in [0.3, 0.4) is 0 Å². The van der Waals surface area contributed by atoms with Gasteiger partial charge in [0.25, 0.3) is 0 Å². The Morgan fingerprint density at radius 1 is 1.12 bits per heavy atom. The first kappa shape index (κ1) is 16.8. The van der Waals surface area contributed by atoms with E-state index in [4.69, 9.17) is 0 Å². The summed E-state index contributed by atoms with van der Waals surface area (Å²) in [5.41, 5.74) is 3.09. The molecule has 1 saturated carbocycles. The first-order chi connectivity index (χ1) is 12.6. The van der Waals surface area contributed by atoms with Gasteiger partial charge in [-0.3, -0.25) is 14.6 Å². The van der Waals surface area contributed by atoms with E-state index >= 15 is 0 Å². The molecule has 1 aromatic heterocycles. The Balaban J connectivity index is 1.50. The van der Waals surface area contributed by atoms with E-state index in [9.17, 15) is 9.59 Å². The van der Waals surface area contributed by atoms with Gasteiger partial charge in [0.2, 0.25) is 11.8 Å². The topological polar surface area (TPSA) is 53.5 Å². The Kier molecular flexibility index (Phi) is 4.45. The van der Waals surface area contributed by atoms with Gasteiger partial charge in [0, 0.05) is 37.2 Å². The number of pyridine rings is 1. The number of carbonyl (C=O) groups is 2. The molecule has 0 bridgehead atoms. The molecule has 4 rings (SSSR count). The van der Waals surface area contributed by atoms with Crippen molar-refractivity contribution in [2.24, 2.45) is 5.92 Å². The molecule has 2 aliphatic rings. The van der Waals surface area contributed by atoms with Crippen molar-refractivity contribution < 1.29 is 9.59 Å². The molecule has 0 N–H and O–H groups in total. The second-order valence-corrected chi connectivity index (χ2v) is 7.22. The van der Waals surface area contributed by atoms with Crippen LogP contribution >= 0.6 is 0 Å². The fourth-order valence-electron chi connectivity index (χ4n) is 3.55. The molecular formula is C21H23N3O2. The number of rotatable bonds is 5. The van der Waals surface area contributed by atoms with Crippen LogP contribution in [0.4, 0.5) is 5.69 Å². The first-order valence-corrected chi connectivity index (χ1v) is 9.21. The second kappa shape index (κ2) is 6.90. The van der Waals surface area contributed by atoms with Crippen molar-refractivity contribution in [1.29, 1.82) is 0 Å². The molecule has 0 radical (unpaired) electrons. The minimum Gasteiger partial charge on any atom is -0.335 e. The minimum absolute atomic E-state index is 0.0241. The Morgan fingerprint density at radius 2 is 1.81 bits per heavy atom. The van der Waals surface area contributed by atoms with Gasteiger partial charge in [0.15, 0.2) is 0 Å². The summed E-state index contributed by atoms with van der Waals surface area (Å²) >= 11 is 0. The fraction of sp³-hybridized carbons (Fsp3) is 0.381. The third kappa shape index (κ3) is 3.34. The van der Waals surface area contributed by atoms with Gasteiger partial charge in [-0.05, 0) is 56.0 Å². The second-order valence-electron chi connectivity index (χ2n) is 7.22. The molecule has 1 unspecified atom stereocenters. The molecule has 2 aromatic rings. The van der Waals surface area contributed by atoms with E-state index in [1.807, 2.05) is 48.2 Å². The van der Waals surface area contributed by atoms with E-state index in [1.54, 1.807) is 17.3 Å². The zero-order valence-electron chi connectivity index (χ0n) is 15.0. The molecule has 2 amide bonds. The Labute approximate surface area is 153 Å². The van der Waals surface area contributed by atoms with Crippen molar-refractivity contribution in [2.45, 2.75) is 38.8 Å². The van der Waals surface area contributed by atoms with Crippen molar-refractivity contribution >= 4 is 17.5 Å². The fourth-order valence-corrected chi connectivity index (χ4v) is 3.55. The standard InChI is InChI=1S/C21H23N3O2/c1-15-2-4-17(5-3-15)23-13-10-19(20(23)25)21(26)24(18-6-7-18)14-16-8-11-22-12-9-16/h2-5,8-9,11-12,18-19H,6-7,10,13-14H2,1H3. The Hall–Kier alpha value is -2.69. The van der Waals surface area contributed by atoms with Gasteiger partial charge in [0.05, 0.1) is 0 Å². The van der Waals surface area contributed by atoms with Gasteiger partial charge < -0.3 is 9.80 Å². The maximum Gasteiger partial charge on any atom is 0.239 e. The van der Waals surface area contributed by atoms with E-state index in [1.165, 1.54) is 0 Å². The van der Waals surface area contributed by atoms with Crippen LogP contribution in [-0.4, -0.2) is 34.3 Å². The summed E-state index contributed by atoms with van der Waals surface area (Å²) in [7, 11) is 0. The summed E-state index contributed by atoms with van der Waals surface area (Å²) < 4.78 is 0. The number of nitrogens with zero attached hydrogens (tertiary/aromatic N) is 3. The summed E-state index contributed by atoms with van der Waals surface area (Å²) in [5, 5.41) is 0. The SMILES string of the molecule is Cc1ccc(N2CCC(C(=O)N(Cc3ccncc3)C3CC3)C2=O)cc1. The summed E-state index contributed by atoms with van der Waals surface area (Å²) in [4.78, 5) is 33.7. The largest absolute Gasteiger partial charge is 0.335 e. The highest BCUT2D eigenvalue weighted by atomic mass is 16.2. The highest BCUT2D eigenvalue weighted by Gasteiger charge is 2.43. The zero-order chi connectivity index (χ0) is 18.1. The lowest BCUT2D eigenvalue weighted by Gasteiger charge is -2.25. The lowest BCUT2D eigenvalue weighted by Crippen LogP contribution is -2.41. The van der Waals surface area contributed by atoms with Gasteiger partial charge in [-0.15, -0.1) is 0 Å². The number of anilines is 1. The number of benzene rings is 1. The summed E-state index contributed by atoms with van der Waals surface area (Å²) in [6.07, 6.45) is 6.12. The van der Waals surface area contributed by atoms with E-state index in [0.717, 1.165) is 29.7 Å². The quantitative estimate of drug-likeness (QED) is 0.780. The average molecular weight is 349 g/mol. The molecule has 5 heteroatoms. The smallest absolute Gasteiger partial charge is 0.239 e. The normalized spacial score (nSPS) is 19.7. The molecule has 2 fully saturated rings. The molecule has 5 nitrogen and oxygen atoms in total. The number of amides is 2. The third-order valence-corrected chi connectivity index (χ3v) is 5.22. The minimum atomic E-state index is -0.557. The molecule has 134 valence electrons. The van der Waals surface area contributed by atoms with Crippen molar-refractivity contribution in [3.63, 3.8) is 0 Å². The first-order valence-electron chi connectivity index (χ1n) is 9.21. The summed E-state index contributed by atoms with van der Waals surface area (Å²) in [6.45, 7) is 3.18. The molecule has 0 spiro atoms. The van der Waals surface area contributed by atoms with E-state index in [-0.39, 0.29) is 17.9 Å². The predicted molar refractivity (Wildman–Crippen MR) is 99.4 cm³/mol. The lowest BCUT2D eigenvalue weighted by molar-refractivity contribution is -0.140. The summed E-state index contributed by atoms with van der Waals surface area (Å²) in [5.74, 6) is -0.651. The van der Waals surface area contributed by atoms with Crippen LogP contribution in [0.1, 0.15) is 30.4 Å². The molecule has 1 aromatic carbocycles. The number of hydrogen-bond donors (Lipinski definition) is 0. The van der Waals surface area contributed by atoms with Crippen molar-refractivity contribution in [3.05, 3.63) is 59.9 Å². The number of carbonyl (C=O) groups excluding carboxylic acids is 2. The van der Waals surface area contributed by atoms with Crippen LogP contribution in [0.2, 0.25) is 0 Å². The number of hydrogen-bond acceptors (Lipinski definition) is 3. The molecule has 26 heavy (non-hydrogen) atoms. The Bertz CT molecular complexity index is 800. The zero-order valence-corrected chi connectivity index (χ0v) is 15.0. The van der Waals surface area contributed by atoms with E-state index in [0.29, 0.717) is 19.5 Å². The number of aromatic nitrogens is 1. The van der Waals surface area contributed by atoms with Crippen molar-refractivity contribution in [1.82, 2.24) is 9.88 Å². The highest BCUT2D eigenvalue weighted by molar-refractivity contribution is 6.09. The van der Waals surface area contributed by atoms with Crippen LogP contribution in [-0.2, 0) is 16.1 Å². The van der Waals surface area contributed by atoms with Gasteiger partial charge in [0.1, 0.15) is 5.92 Å². The molecule has 2 heterocycles. The van der Waals surface area contributed by atoms with Gasteiger partial charge >= 0.3 is 0 Å². The van der Waals surface area contributed by atoms with Crippen LogP contribution in [0.5, 0.6) is 0 Å². The highest BCUT2D eigenvalue weighted by Crippen LogP contribution is 2.33. The molecular weight excluding hydrogens is 326 g/mol. The monoisotopic (exact) mass is 349 g/mol. The maximum absolute atomic E-state index is 13.1. The third-order valence-electron chi connectivity index (χ3n) is 5.22. The van der Waals surface area contributed by atoms with E-state index < -0.39 is 5.92 Å². The van der Waals surface area contributed by atoms with Crippen molar-refractivity contribution in [2.75, 3.05) is 11.4 Å². The van der Waals surface area contributed by atoms with Gasteiger partial charge in [-0.1, -0.05) is 17.7 Å². The molecule has 1 saturated heterocycles. The molecule has 1 aliphatic heterocycles. The van der Waals surface area contributed by atoms with Gasteiger partial charge in [-0.2, -0.15) is 0 Å². The van der Waals surface area contributed by atoms with Gasteiger partial charge in [-0.25, -0.2) is 0 Å². The Morgan fingerprint density at radius 3 is 2.46 bits per heavy atom. The molecule has 1 aliphatic carbocycles. The van der Waals surface area contributed by atoms with E-state index in [2.05, 4.69) is 4.98 Å². The summed E-state index contributed by atoms with van der Waals surface area (Å²) in [6, 6.07) is 12.0. The van der Waals surface area contributed by atoms with Crippen LogP contribution < -0.4 is 4.90 Å². The van der Waals surface area contributed by atoms with Crippen molar-refractivity contribution in [3.8, 4) is 0 Å². The maximum atomic E-state index is 13.1. The van der Waals surface area contributed by atoms with Crippen LogP contribution in [0.25, 0.3) is 0 Å². The number of aryl methyl sites for hydroxylation is 1. The predicted octanol–water partition coefficient (Wildman–Crippen LogP) is 2.93. The van der Waals surface area contributed by atoms with Crippen LogP contribution in [0.15, 0.2) is 48.8 Å². The van der Waals surface area contributed by atoms with Crippen LogP contribution in [0, 0.1) is 12.8 Å². The average Bonchev–Trinajstić information content (AvgIpc) is 3.43. The lowest BCUT2D eigenvalue weighted by atomic mass is 10.1.